The third-order valence-electron chi connectivity index (χ3n) is 3.11. The van der Waals surface area contributed by atoms with E-state index in [4.69, 9.17) is 4.74 Å². The highest BCUT2D eigenvalue weighted by molar-refractivity contribution is 7.72. The van der Waals surface area contributed by atoms with Gasteiger partial charge in [-0.2, -0.15) is 0 Å². The summed E-state index contributed by atoms with van der Waals surface area (Å²) >= 11 is 0. The molecule has 0 aromatic heterocycles. The third kappa shape index (κ3) is 3.36. The number of nitrogens with zero attached hydrogens (tertiary/aromatic N) is 2. The molecule has 0 unspecified atom stereocenters. The van der Waals surface area contributed by atoms with Crippen LogP contribution in [-0.2, 0) is 10.7 Å². The highest BCUT2D eigenvalue weighted by atomic mass is 32.2. The zero-order chi connectivity index (χ0) is 13.0. The van der Waals surface area contributed by atoms with Gasteiger partial charge >= 0.3 is 0 Å². The van der Waals surface area contributed by atoms with E-state index in [0.29, 0.717) is 0 Å². The molecule has 18 heavy (non-hydrogen) atoms. The van der Waals surface area contributed by atoms with Gasteiger partial charge in [0.2, 0.25) is 0 Å². The SMILES string of the molecule is COc1cccc(N2CCN(C[SH](=O)=O)CC2)c1. The first-order valence-electron chi connectivity index (χ1n) is 5.92. The second kappa shape index (κ2) is 6.06. The molecule has 0 bridgehead atoms. The van der Waals surface area contributed by atoms with Crippen LogP contribution in [0.15, 0.2) is 24.3 Å². The summed E-state index contributed by atoms with van der Waals surface area (Å²) in [6, 6.07) is 7.94. The summed E-state index contributed by atoms with van der Waals surface area (Å²) < 4.78 is 26.5. The van der Waals surface area contributed by atoms with Crippen molar-refractivity contribution in [3.05, 3.63) is 24.3 Å². The van der Waals surface area contributed by atoms with Gasteiger partial charge in [-0.25, -0.2) is 8.42 Å². The summed E-state index contributed by atoms with van der Waals surface area (Å²) in [5.74, 6) is 1.01. The lowest BCUT2D eigenvalue weighted by atomic mass is 10.2. The summed E-state index contributed by atoms with van der Waals surface area (Å²) in [6.45, 7) is 3.24. The molecule has 0 saturated carbocycles. The van der Waals surface area contributed by atoms with Gasteiger partial charge in [-0.3, -0.25) is 4.90 Å². The van der Waals surface area contributed by atoms with Gasteiger partial charge in [-0.1, -0.05) is 6.07 Å². The molecule has 1 aromatic carbocycles. The molecular formula is C12H18N2O3S. The molecule has 0 aliphatic carbocycles. The normalized spacial score (nSPS) is 17.1. The van der Waals surface area contributed by atoms with E-state index in [9.17, 15) is 8.42 Å². The van der Waals surface area contributed by atoms with E-state index in [1.54, 1.807) is 7.11 Å². The quantitative estimate of drug-likeness (QED) is 0.802. The molecule has 0 spiro atoms. The van der Waals surface area contributed by atoms with E-state index >= 15 is 0 Å². The molecule has 1 aliphatic rings. The summed E-state index contributed by atoms with van der Waals surface area (Å²) in [5, 5.41) is 0. The summed E-state index contributed by atoms with van der Waals surface area (Å²) in [5.41, 5.74) is 1.13. The lowest BCUT2D eigenvalue weighted by Crippen LogP contribution is -2.46. The number of methoxy groups -OCH3 is 1. The molecule has 5 nitrogen and oxygen atoms in total. The minimum absolute atomic E-state index is 0.168. The highest BCUT2D eigenvalue weighted by Crippen LogP contribution is 2.21. The molecule has 1 aliphatic heterocycles. The van der Waals surface area contributed by atoms with Crippen LogP contribution in [0.25, 0.3) is 0 Å². The number of benzene rings is 1. The van der Waals surface area contributed by atoms with Crippen LogP contribution in [-0.4, -0.2) is 52.5 Å². The average molecular weight is 270 g/mol. The van der Waals surface area contributed by atoms with Crippen LogP contribution in [0.4, 0.5) is 5.69 Å². The molecule has 0 atom stereocenters. The van der Waals surface area contributed by atoms with Gasteiger partial charge in [0.25, 0.3) is 0 Å². The van der Waals surface area contributed by atoms with E-state index in [-0.39, 0.29) is 5.88 Å². The summed E-state index contributed by atoms with van der Waals surface area (Å²) in [4.78, 5) is 4.21. The van der Waals surface area contributed by atoms with E-state index in [0.717, 1.165) is 37.6 Å². The Morgan fingerprint density at radius 1 is 1.22 bits per heavy atom. The van der Waals surface area contributed by atoms with Gasteiger partial charge in [0.15, 0.2) is 10.7 Å². The van der Waals surface area contributed by atoms with Crippen LogP contribution in [0.3, 0.4) is 0 Å². The molecule has 0 amide bonds. The molecule has 1 aromatic rings. The van der Waals surface area contributed by atoms with Crippen molar-refractivity contribution in [1.29, 1.82) is 0 Å². The van der Waals surface area contributed by atoms with Crippen molar-refractivity contribution < 1.29 is 13.2 Å². The molecule has 0 radical (unpaired) electrons. The predicted molar refractivity (Wildman–Crippen MR) is 72.0 cm³/mol. The van der Waals surface area contributed by atoms with Crippen LogP contribution in [0.2, 0.25) is 0 Å². The Bertz CT molecular complexity index is 460. The summed E-state index contributed by atoms with van der Waals surface area (Å²) in [6.07, 6.45) is 0. The topological polar surface area (TPSA) is 49.9 Å². The average Bonchev–Trinajstić information content (AvgIpc) is 2.39. The Kier molecular flexibility index (Phi) is 4.43. The van der Waals surface area contributed by atoms with E-state index in [1.165, 1.54) is 0 Å². The number of thiol groups is 1. The fourth-order valence-corrected chi connectivity index (χ4v) is 2.73. The smallest absolute Gasteiger partial charge is 0.153 e. The molecule has 100 valence electrons. The van der Waals surface area contributed by atoms with Crippen LogP contribution in [0.1, 0.15) is 0 Å². The Morgan fingerprint density at radius 2 is 1.94 bits per heavy atom. The minimum atomic E-state index is -2.31. The first-order chi connectivity index (χ1) is 8.69. The lowest BCUT2D eigenvalue weighted by Gasteiger charge is -2.35. The number of hydrogen-bond acceptors (Lipinski definition) is 5. The van der Waals surface area contributed by atoms with Gasteiger partial charge in [0, 0.05) is 37.9 Å². The second-order valence-corrected chi connectivity index (χ2v) is 5.23. The maximum absolute atomic E-state index is 10.7. The Morgan fingerprint density at radius 3 is 2.56 bits per heavy atom. The Hall–Kier alpha value is -1.27. The lowest BCUT2D eigenvalue weighted by molar-refractivity contribution is 0.296. The first-order valence-corrected chi connectivity index (χ1v) is 7.28. The maximum atomic E-state index is 10.7. The largest absolute Gasteiger partial charge is 0.497 e. The van der Waals surface area contributed by atoms with E-state index < -0.39 is 10.7 Å². The predicted octanol–water partition coefficient (Wildman–Crippen LogP) is 0.386. The van der Waals surface area contributed by atoms with Crippen molar-refractivity contribution >= 4 is 16.4 Å². The number of hydrogen-bond donors (Lipinski definition) is 1. The van der Waals surface area contributed by atoms with Gasteiger partial charge in [-0.15, -0.1) is 0 Å². The van der Waals surface area contributed by atoms with Gasteiger partial charge in [0.1, 0.15) is 5.75 Å². The zero-order valence-corrected chi connectivity index (χ0v) is 11.3. The van der Waals surface area contributed by atoms with Crippen molar-refractivity contribution in [2.45, 2.75) is 0 Å². The van der Waals surface area contributed by atoms with Crippen molar-refractivity contribution in [1.82, 2.24) is 4.90 Å². The van der Waals surface area contributed by atoms with Crippen LogP contribution in [0, 0.1) is 0 Å². The fourth-order valence-electron chi connectivity index (χ4n) is 2.12. The summed E-state index contributed by atoms with van der Waals surface area (Å²) in [7, 11) is -0.658. The van der Waals surface area contributed by atoms with Gasteiger partial charge in [0.05, 0.1) is 13.0 Å². The Balaban J connectivity index is 1.96. The Labute approximate surface area is 109 Å². The molecule has 1 heterocycles. The monoisotopic (exact) mass is 270 g/mol. The van der Waals surface area contributed by atoms with E-state index in [2.05, 4.69) is 4.90 Å². The molecule has 1 saturated heterocycles. The number of anilines is 1. The first kappa shape index (κ1) is 13.2. The standard InChI is InChI=1S/C12H18N2O3S/c1-17-12-4-2-3-11(9-12)14-7-5-13(6-8-14)10-18(15)16/h2-4,9,18H,5-8,10H2,1H3. The van der Waals surface area contributed by atoms with Crippen LogP contribution < -0.4 is 9.64 Å². The number of piperazine rings is 1. The molecule has 6 heteroatoms. The van der Waals surface area contributed by atoms with Crippen LogP contribution in [0.5, 0.6) is 5.75 Å². The molecule has 1 fully saturated rings. The number of ether oxygens (including phenoxy) is 1. The van der Waals surface area contributed by atoms with Crippen molar-refractivity contribution in [2.75, 3.05) is 44.1 Å². The molecule has 2 rings (SSSR count). The highest BCUT2D eigenvalue weighted by Gasteiger charge is 2.17. The zero-order valence-electron chi connectivity index (χ0n) is 10.4. The van der Waals surface area contributed by atoms with Gasteiger partial charge in [-0.05, 0) is 12.1 Å². The number of rotatable bonds is 4. The third-order valence-corrected chi connectivity index (χ3v) is 3.74. The minimum Gasteiger partial charge on any atom is -0.497 e. The maximum Gasteiger partial charge on any atom is 0.153 e. The van der Waals surface area contributed by atoms with Crippen molar-refractivity contribution in [3.8, 4) is 5.75 Å². The second-order valence-electron chi connectivity index (χ2n) is 4.28. The van der Waals surface area contributed by atoms with Crippen molar-refractivity contribution in [3.63, 3.8) is 0 Å². The fraction of sp³-hybridized carbons (Fsp3) is 0.500. The van der Waals surface area contributed by atoms with Crippen LogP contribution >= 0.6 is 0 Å². The molecular weight excluding hydrogens is 252 g/mol. The van der Waals surface area contributed by atoms with Gasteiger partial charge < -0.3 is 9.64 Å². The molecule has 0 N–H and O–H groups in total. The van der Waals surface area contributed by atoms with Crippen molar-refractivity contribution in [2.24, 2.45) is 0 Å². The van der Waals surface area contributed by atoms with E-state index in [1.807, 2.05) is 29.2 Å².